The van der Waals surface area contributed by atoms with Crippen LogP contribution >= 0.6 is 23.8 Å². The molecule has 2 rings (SSSR count). The monoisotopic (exact) mass is 422 g/mol. The van der Waals surface area contributed by atoms with Crippen molar-refractivity contribution in [1.82, 2.24) is 10.2 Å². The van der Waals surface area contributed by atoms with E-state index in [4.69, 9.17) is 33.3 Å². The molecule has 1 atom stereocenters. The Labute approximate surface area is 175 Å². The lowest BCUT2D eigenvalue weighted by molar-refractivity contribution is -0.128. The predicted molar refractivity (Wildman–Crippen MR) is 114 cm³/mol. The Balaban J connectivity index is 2.46. The van der Waals surface area contributed by atoms with Crippen LogP contribution in [0.4, 0.5) is 0 Å². The van der Waals surface area contributed by atoms with Crippen molar-refractivity contribution in [3.8, 4) is 11.5 Å². The Hall–Kier alpha value is -2.38. The highest BCUT2D eigenvalue weighted by Gasteiger charge is 2.32. The molecule has 1 aliphatic heterocycles. The number of amides is 2. The zero-order valence-corrected chi connectivity index (χ0v) is 17.7. The van der Waals surface area contributed by atoms with Crippen molar-refractivity contribution in [2.24, 2.45) is 0 Å². The zero-order valence-electron chi connectivity index (χ0n) is 16.1. The summed E-state index contributed by atoms with van der Waals surface area (Å²) in [7, 11) is 0. The van der Waals surface area contributed by atoms with Crippen LogP contribution in [0.2, 0.25) is 5.02 Å². The van der Waals surface area contributed by atoms with Crippen LogP contribution < -0.4 is 14.8 Å². The summed E-state index contributed by atoms with van der Waals surface area (Å²) < 4.78 is 11.5. The Morgan fingerprint density at radius 3 is 2.68 bits per heavy atom. The van der Waals surface area contributed by atoms with Crippen LogP contribution in [0.1, 0.15) is 32.8 Å². The van der Waals surface area contributed by atoms with Gasteiger partial charge >= 0.3 is 0 Å². The smallest absolute Gasteiger partial charge is 0.265 e. The summed E-state index contributed by atoms with van der Waals surface area (Å²) in [5.41, 5.74) is 0.486. The van der Waals surface area contributed by atoms with Crippen LogP contribution in [0.5, 0.6) is 11.5 Å². The quantitative estimate of drug-likeness (QED) is 0.299. The molecule has 8 heteroatoms. The summed E-state index contributed by atoms with van der Waals surface area (Å²) in [5.74, 6) is -0.176. The van der Waals surface area contributed by atoms with Crippen LogP contribution in [0, 0.1) is 0 Å². The molecule has 6 nitrogen and oxygen atoms in total. The zero-order chi connectivity index (χ0) is 20.8. The molecule has 1 aliphatic rings. The maximum Gasteiger partial charge on any atom is 0.265 e. The lowest BCUT2D eigenvalue weighted by atomic mass is 10.1. The van der Waals surface area contributed by atoms with Gasteiger partial charge in [-0.3, -0.25) is 19.8 Å². The Kier molecular flexibility index (Phi) is 7.60. The van der Waals surface area contributed by atoms with Gasteiger partial charge in [0.1, 0.15) is 5.57 Å². The molecule has 1 aromatic carbocycles. The second-order valence-corrected chi connectivity index (χ2v) is 6.92. The topological polar surface area (TPSA) is 67.9 Å². The van der Waals surface area contributed by atoms with Gasteiger partial charge in [-0.25, -0.2) is 0 Å². The molecular weight excluding hydrogens is 400 g/mol. The highest BCUT2D eigenvalue weighted by atomic mass is 35.5. The number of benzene rings is 1. The van der Waals surface area contributed by atoms with E-state index in [0.717, 1.165) is 6.42 Å². The molecule has 0 aromatic heterocycles. The van der Waals surface area contributed by atoms with Crippen LogP contribution in [0.15, 0.2) is 30.4 Å². The molecule has 0 spiro atoms. The van der Waals surface area contributed by atoms with E-state index in [1.54, 1.807) is 12.1 Å². The van der Waals surface area contributed by atoms with Crippen molar-refractivity contribution >= 4 is 46.8 Å². The summed E-state index contributed by atoms with van der Waals surface area (Å²) >= 11 is 11.4. The first-order valence-electron chi connectivity index (χ1n) is 8.95. The standard InChI is InChI=1S/C20H23ClN2O4S/c1-5-8-23-19(25)14(18(24)22-20(23)28)9-13-10-15(21)17(27-12(4)6-2)16(11-13)26-7-3/h5,9-12H,1,6-8H2,2-4H3,(H,22,24,28)/b14-9+/t12-/m0/s1. The first-order chi connectivity index (χ1) is 13.3. The van der Waals surface area contributed by atoms with E-state index in [0.29, 0.717) is 28.7 Å². The number of ether oxygens (including phenoxy) is 2. The Morgan fingerprint density at radius 2 is 2.07 bits per heavy atom. The molecule has 1 aromatic rings. The van der Waals surface area contributed by atoms with E-state index in [1.165, 1.54) is 17.1 Å². The normalized spacial score (nSPS) is 16.8. The number of nitrogens with one attached hydrogen (secondary N) is 1. The minimum absolute atomic E-state index is 0.0416. The molecule has 0 bridgehead atoms. The molecule has 0 aliphatic carbocycles. The van der Waals surface area contributed by atoms with Gasteiger partial charge in [0.2, 0.25) is 0 Å². The number of rotatable bonds is 8. The summed E-state index contributed by atoms with van der Waals surface area (Å²) in [6.07, 6.45) is 3.75. The average molecular weight is 423 g/mol. The van der Waals surface area contributed by atoms with Crippen molar-refractivity contribution in [2.45, 2.75) is 33.3 Å². The molecule has 0 saturated carbocycles. The maximum atomic E-state index is 12.7. The Morgan fingerprint density at radius 1 is 1.36 bits per heavy atom. The first-order valence-corrected chi connectivity index (χ1v) is 9.73. The number of nitrogens with zero attached hydrogens (tertiary/aromatic N) is 1. The number of thiocarbonyl (C=S) groups is 1. The van der Waals surface area contributed by atoms with E-state index in [2.05, 4.69) is 11.9 Å². The van der Waals surface area contributed by atoms with E-state index in [-0.39, 0.29) is 23.3 Å². The molecule has 2 amide bonds. The van der Waals surface area contributed by atoms with Gasteiger partial charge in [0.05, 0.1) is 17.7 Å². The third-order valence-electron chi connectivity index (χ3n) is 4.03. The summed E-state index contributed by atoms with van der Waals surface area (Å²) in [6, 6.07) is 3.31. The predicted octanol–water partition coefficient (Wildman–Crippen LogP) is 3.73. The van der Waals surface area contributed by atoms with Gasteiger partial charge in [-0.15, -0.1) is 6.58 Å². The van der Waals surface area contributed by atoms with E-state index in [9.17, 15) is 9.59 Å². The molecule has 1 N–H and O–H groups in total. The second-order valence-electron chi connectivity index (χ2n) is 6.12. The minimum Gasteiger partial charge on any atom is -0.490 e. The Bertz CT molecular complexity index is 838. The minimum atomic E-state index is -0.565. The molecule has 0 unspecified atom stereocenters. The lowest BCUT2D eigenvalue weighted by Crippen LogP contribution is -2.53. The molecular formula is C20H23ClN2O4S. The summed E-state index contributed by atoms with van der Waals surface area (Å²) in [5, 5.41) is 2.89. The third kappa shape index (κ3) is 4.91. The number of hydrogen-bond donors (Lipinski definition) is 1. The fraction of sp³-hybridized carbons (Fsp3) is 0.350. The number of carbonyl (C=O) groups is 2. The van der Waals surface area contributed by atoms with Gasteiger partial charge in [0.15, 0.2) is 16.6 Å². The first kappa shape index (κ1) is 21.9. The number of halogens is 1. The van der Waals surface area contributed by atoms with Crippen LogP contribution in [-0.4, -0.2) is 41.1 Å². The van der Waals surface area contributed by atoms with Gasteiger partial charge in [-0.1, -0.05) is 24.6 Å². The molecule has 0 radical (unpaired) electrons. The van der Waals surface area contributed by atoms with Crippen molar-refractivity contribution in [1.29, 1.82) is 0 Å². The number of carbonyl (C=O) groups excluding carboxylic acids is 2. The van der Waals surface area contributed by atoms with E-state index in [1.807, 2.05) is 20.8 Å². The number of hydrogen-bond acceptors (Lipinski definition) is 5. The van der Waals surface area contributed by atoms with Crippen molar-refractivity contribution in [3.05, 3.63) is 40.9 Å². The van der Waals surface area contributed by atoms with Gasteiger partial charge in [-0.2, -0.15) is 0 Å². The van der Waals surface area contributed by atoms with Crippen molar-refractivity contribution < 1.29 is 19.1 Å². The SMILES string of the molecule is C=CCN1C(=O)/C(=C/c2cc(Cl)c(O[C@@H](C)CC)c(OCC)c2)C(=O)NC1=S. The lowest BCUT2D eigenvalue weighted by Gasteiger charge is -2.27. The van der Waals surface area contributed by atoms with Gasteiger partial charge < -0.3 is 9.47 Å². The molecule has 150 valence electrons. The highest BCUT2D eigenvalue weighted by Crippen LogP contribution is 2.38. The van der Waals surface area contributed by atoms with Crippen molar-refractivity contribution in [3.63, 3.8) is 0 Å². The van der Waals surface area contributed by atoms with Crippen molar-refractivity contribution in [2.75, 3.05) is 13.2 Å². The van der Waals surface area contributed by atoms with Crippen LogP contribution in [0.25, 0.3) is 6.08 Å². The van der Waals surface area contributed by atoms with Gasteiger partial charge in [-0.05, 0) is 56.3 Å². The molecule has 1 heterocycles. The van der Waals surface area contributed by atoms with E-state index < -0.39 is 11.8 Å². The van der Waals surface area contributed by atoms with Crippen LogP contribution in [0.3, 0.4) is 0 Å². The maximum absolute atomic E-state index is 12.7. The molecule has 1 saturated heterocycles. The van der Waals surface area contributed by atoms with E-state index >= 15 is 0 Å². The second kappa shape index (κ2) is 9.71. The fourth-order valence-electron chi connectivity index (χ4n) is 2.49. The van der Waals surface area contributed by atoms with Crippen LogP contribution in [-0.2, 0) is 9.59 Å². The fourth-order valence-corrected chi connectivity index (χ4v) is 3.00. The molecule has 1 fully saturated rings. The van der Waals surface area contributed by atoms with Gasteiger partial charge in [0.25, 0.3) is 11.8 Å². The highest BCUT2D eigenvalue weighted by molar-refractivity contribution is 7.80. The molecule has 28 heavy (non-hydrogen) atoms. The average Bonchev–Trinajstić information content (AvgIpc) is 2.65. The summed E-state index contributed by atoms with van der Waals surface area (Å²) in [4.78, 5) is 26.2. The largest absolute Gasteiger partial charge is 0.490 e. The summed E-state index contributed by atoms with van der Waals surface area (Å²) in [6.45, 7) is 9.99. The van der Waals surface area contributed by atoms with Gasteiger partial charge in [0, 0.05) is 6.54 Å². The third-order valence-corrected chi connectivity index (χ3v) is 4.64.